The van der Waals surface area contributed by atoms with Crippen LogP contribution in [0.1, 0.15) is 26.2 Å². The summed E-state index contributed by atoms with van der Waals surface area (Å²) in [4.78, 5) is 22.1. The fourth-order valence-electron chi connectivity index (χ4n) is 1.68. The molecule has 116 valence electrons. The number of carboxylic acid groups (broad SMARTS) is 1. The fourth-order valence-corrected chi connectivity index (χ4v) is 2.48. The number of nitrogens with one attached hydrogen (secondary N) is 1. The maximum atomic E-state index is 11.7. The van der Waals surface area contributed by atoms with E-state index in [0.29, 0.717) is 28.1 Å². The van der Waals surface area contributed by atoms with Gasteiger partial charge in [0.2, 0.25) is 0 Å². The van der Waals surface area contributed by atoms with E-state index in [9.17, 15) is 9.59 Å². The van der Waals surface area contributed by atoms with Gasteiger partial charge in [-0.2, -0.15) is 0 Å². The SMILES string of the molecule is CC(CCCC(=O)O)NC(=O)COc1ccc(Cl)cc1Br. The third kappa shape index (κ3) is 7.34. The second kappa shape index (κ2) is 8.89. The summed E-state index contributed by atoms with van der Waals surface area (Å²) >= 11 is 9.11. The van der Waals surface area contributed by atoms with Crippen molar-refractivity contribution in [2.24, 2.45) is 0 Å². The van der Waals surface area contributed by atoms with E-state index in [1.165, 1.54) is 0 Å². The Bertz CT molecular complexity index is 510. The molecule has 1 aromatic carbocycles. The average Bonchev–Trinajstić information content (AvgIpc) is 2.37. The first-order valence-corrected chi connectivity index (χ1v) is 7.64. The first-order valence-electron chi connectivity index (χ1n) is 6.47. The topological polar surface area (TPSA) is 75.6 Å². The first kappa shape index (κ1) is 17.8. The standard InChI is InChI=1S/C14H17BrClNO4/c1-9(3-2-4-14(19)20)17-13(18)8-21-12-6-5-10(16)7-11(12)15/h5-7,9H,2-4,8H2,1H3,(H,17,18)(H,19,20). The molecule has 1 aromatic rings. The Balaban J connectivity index is 2.31. The summed E-state index contributed by atoms with van der Waals surface area (Å²) in [7, 11) is 0. The highest BCUT2D eigenvalue weighted by molar-refractivity contribution is 9.10. The molecule has 1 amide bonds. The highest BCUT2D eigenvalue weighted by Gasteiger charge is 2.10. The van der Waals surface area contributed by atoms with E-state index in [0.717, 1.165) is 0 Å². The van der Waals surface area contributed by atoms with Crippen LogP contribution in [0.5, 0.6) is 5.75 Å². The summed E-state index contributed by atoms with van der Waals surface area (Å²) in [5.74, 6) is -0.544. The van der Waals surface area contributed by atoms with E-state index in [1.54, 1.807) is 18.2 Å². The maximum absolute atomic E-state index is 11.7. The molecule has 5 nitrogen and oxygen atoms in total. The Hall–Kier alpha value is -1.27. The minimum Gasteiger partial charge on any atom is -0.483 e. The number of halogens is 2. The van der Waals surface area contributed by atoms with Crippen LogP contribution in [0, 0.1) is 0 Å². The van der Waals surface area contributed by atoms with Gasteiger partial charge in [0.25, 0.3) is 5.91 Å². The number of hydrogen-bond donors (Lipinski definition) is 2. The normalized spacial score (nSPS) is 11.8. The lowest BCUT2D eigenvalue weighted by molar-refractivity contribution is -0.137. The van der Waals surface area contributed by atoms with Crippen molar-refractivity contribution < 1.29 is 19.4 Å². The van der Waals surface area contributed by atoms with Gasteiger partial charge in [0.05, 0.1) is 4.47 Å². The first-order chi connectivity index (χ1) is 9.88. The highest BCUT2D eigenvalue weighted by atomic mass is 79.9. The van der Waals surface area contributed by atoms with Crippen LogP contribution in [-0.2, 0) is 9.59 Å². The van der Waals surface area contributed by atoms with Crippen molar-refractivity contribution in [1.29, 1.82) is 0 Å². The van der Waals surface area contributed by atoms with Gasteiger partial charge < -0.3 is 15.2 Å². The van der Waals surface area contributed by atoms with E-state index in [2.05, 4.69) is 21.2 Å². The van der Waals surface area contributed by atoms with Gasteiger partial charge in [-0.25, -0.2) is 0 Å². The van der Waals surface area contributed by atoms with E-state index in [4.69, 9.17) is 21.4 Å². The second-order valence-corrected chi connectivity index (χ2v) is 5.91. The van der Waals surface area contributed by atoms with Gasteiger partial charge in [-0.1, -0.05) is 11.6 Å². The average molecular weight is 379 g/mol. The molecule has 0 saturated carbocycles. The van der Waals surface area contributed by atoms with Crippen LogP contribution >= 0.6 is 27.5 Å². The maximum Gasteiger partial charge on any atom is 0.303 e. The Labute approximate surface area is 136 Å². The molecule has 1 unspecified atom stereocenters. The number of carbonyl (C=O) groups excluding carboxylic acids is 1. The van der Waals surface area contributed by atoms with Crippen LogP contribution in [-0.4, -0.2) is 29.6 Å². The molecule has 0 fully saturated rings. The molecule has 0 aliphatic heterocycles. The fraction of sp³-hybridized carbons (Fsp3) is 0.429. The lowest BCUT2D eigenvalue weighted by Crippen LogP contribution is -2.36. The molecule has 7 heteroatoms. The van der Waals surface area contributed by atoms with Crippen LogP contribution in [0.4, 0.5) is 0 Å². The zero-order valence-electron chi connectivity index (χ0n) is 11.6. The van der Waals surface area contributed by atoms with Crippen molar-refractivity contribution in [3.8, 4) is 5.75 Å². The number of aliphatic carboxylic acids is 1. The van der Waals surface area contributed by atoms with Gasteiger partial charge in [-0.15, -0.1) is 0 Å². The van der Waals surface area contributed by atoms with Gasteiger partial charge >= 0.3 is 5.97 Å². The van der Waals surface area contributed by atoms with Crippen LogP contribution in [0.2, 0.25) is 5.02 Å². The van der Waals surface area contributed by atoms with E-state index in [-0.39, 0.29) is 25.0 Å². The number of carboxylic acids is 1. The Kier molecular flexibility index (Phi) is 7.53. The van der Waals surface area contributed by atoms with E-state index in [1.807, 2.05) is 6.92 Å². The van der Waals surface area contributed by atoms with Gasteiger partial charge in [0, 0.05) is 17.5 Å². The van der Waals surface area contributed by atoms with Crippen molar-refractivity contribution >= 4 is 39.4 Å². The molecule has 21 heavy (non-hydrogen) atoms. The van der Waals surface area contributed by atoms with Gasteiger partial charge in [-0.05, 0) is 53.9 Å². The Morgan fingerprint density at radius 3 is 2.81 bits per heavy atom. The predicted molar refractivity (Wildman–Crippen MR) is 83.7 cm³/mol. The van der Waals surface area contributed by atoms with Crippen molar-refractivity contribution in [3.05, 3.63) is 27.7 Å². The second-order valence-electron chi connectivity index (χ2n) is 4.62. The molecular weight excluding hydrogens is 362 g/mol. The van der Waals surface area contributed by atoms with Gasteiger partial charge in [-0.3, -0.25) is 9.59 Å². The summed E-state index contributed by atoms with van der Waals surface area (Å²) in [6.45, 7) is 1.72. The van der Waals surface area contributed by atoms with Crippen LogP contribution in [0.25, 0.3) is 0 Å². The smallest absolute Gasteiger partial charge is 0.303 e. The summed E-state index contributed by atoms with van der Waals surface area (Å²) < 4.78 is 6.06. The molecule has 1 atom stereocenters. The van der Waals surface area contributed by atoms with Gasteiger partial charge in [0.15, 0.2) is 6.61 Å². The Morgan fingerprint density at radius 1 is 1.48 bits per heavy atom. The number of amides is 1. The third-order valence-corrected chi connectivity index (χ3v) is 3.54. The van der Waals surface area contributed by atoms with Crippen LogP contribution < -0.4 is 10.1 Å². The van der Waals surface area contributed by atoms with Crippen molar-refractivity contribution in [2.45, 2.75) is 32.2 Å². The molecule has 0 spiro atoms. The quantitative estimate of drug-likeness (QED) is 0.728. The highest BCUT2D eigenvalue weighted by Crippen LogP contribution is 2.27. The van der Waals surface area contributed by atoms with Crippen LogP contribution in [0.3, 0.4) is 0 Å². The van der Waals surface area contributed by atoms with Crippen molar-refractivity contribution in [2.75, 3.05) is 6.61 Å². The largest absolute Gasteiger partial charge is 0.483 e. The molecule has 0 heterocycles. The lowest BCUT2D eigenvalue weighted by atomic mass is 10.1. The number of ether oxygens (including phenoxy) is 1. The minimum absolute atomic E-state index is 0.0888. The zero-order chi connectivity index (χ0) is 15.8. The minimum atomic E-state index is -0.829. The number of benzene rings is 1. The summed E-state index contributed by atoms with van der Waals surface area (Å²) in [5, 5.41) is 11.9. The molecule has 2 N–H and O–H groups in total. The van der Waals surface area contributed by atoms with Gasteiger partial charge in [0.1, 0.15) is 5.75 Å². The molecule has 0 bridgehead atoms. The Morgan fingerprint density at radius 2 is 2.19 bits per heavy atom. The number of rotatable bonds is 8. The third-order valence-electron chi connectivity index (χ3n) is 2.69. The molecule has 0 aliphatic carbocycles. The van der Waals surface area contributed by atoms with Crippen molar-refractivity contribution in [1.82, 2.24) is 5.32 Å². The summed E-state index contributed by atoms with van der Waals surface area (Å²) in [6.07, 6.45) is 1.25. The van der Waals surface area contributed by atoms with E-state index < -0.39 is 5.97 Å². The monoisotopic (exact) mass is 377 g/mol. The predicted octanol–water partition coefficient (Wildman–Crippen LogP) is 3.24. The molecule has 0 saturated heterocycles. The molecule has 0 aliphatic rings. The molecule has 1 rings (SSSR count). The summed E-state index contributed by atoms with van der Waals surface area (Å²) in [5.41, 5.74) is 0. The number of hydrogen-bond acceptors (Lipinski definition) is 3. The molecule has 0 aromatic heterocycles. The molecular formula is C14H17BrClNO4. The van der Waals surface area contributed by atoms with Crippen molar-refractivity contribution in [3.63, 3.8) is 0 Å². The van der Waals surface area contributed by atoms with Crippen LogP contribution in [0.15, 0.2) is 22.7 Å². The lowest BCUT2D eigenvalue weighted by Gasteiger charge is -2.14. The molecule has 0 radical (unpaired) electrons. The summed E-state index contributed by atoms with van der Waals surface area (Å²) in [6, 6.07) is 4.95. The van der Waals surface area contributed by atoms with E-state index >= 15 is 0 Å². The zero-order valence-corrected chi connectivity index (χ0v) is 13.9. The number of carbonyl (C=O) groups is 2.